The third-order valence-corrected chi connectivity index (χ3v) is 3.02. The van der Waals surface area contributed by atoms with Gasteiger partial charge in [0.05, 0.1) is 19.3 Å². The highest BCUT2D eigenvalue weighted by molar-refractivity contribution is 7.85. The number of ether oxygens (including phenoxy) is 1. The summed E-state index contributed by atoms with van der Waals surface area (Å²) in [5.74, 6) is -0.299. The third kappa shape index (κ3) is 6.02. The standard InChI is InChI=1S/C11H20O5S/c1-10(2,3)16-9(12)7-11(5-6-11)8-15-17(4,13)14/h5-8H2,1-4H3. The molecule has 0 N–H and O–H groups in total. The van der Waals surface area contributed by atoms with Crippen molar-refractivity contribution in [2.75, 3.05) is 12.9 Å². The molecule has 100 valence electrons. The zero-order valence-electron chi connectivity index (χ0n) is 10.8. The molecule has 17 heavy (non-hydrogen) atoms. The van der Waals surface area contributed by atoms with E-state index in [4.69, 9.17) is 8.92 Å². The molecule has 1 rings (SSSR count). The van der Waals surface area contributed by atoms with Gasteiger partial charge in [-0.2, -0.15) is 8.42 Å². The molecule has 1 fully saturated rings. The van der Waals surface area contributed by atoms with Crippen molar-refractivity contribution in [1.82, 2.24) is 0 Å². The molecule has 0 aromatic carbocycles. The molecule has 0 saturated heterocycles. The molecule has 1 saturated carbocycles. The minimum absolute atomic E-state index is 0.0745. The maximum absolute atomic E-state index is 11.6. The fourth-order valence-corrected chi connectivity index (χ4v) is 1.93. The third-order valence-electron chi connectivity index (χ3n) is 2.48. The molecule has 0 amide bonds. The Labute approximate surface area is 103 Å². The average molecular weight is 264 g/mol. The van der Waals surface area contributed by atoms with E-state index in [-0.39, 0.29) is 24.4 Å². The van der Waals surface area contributed by atoms with E-state index in [0.29, 0.717) is 0 Å². The van der Waals surface area contributed by atoms with Gasteiger partial charge in [-0.15, -0.1) is 0 Å². The second-order valence-electron chi connectivity index (χ2n) is 5.73. The fourth-order valence-electron chi connectivity index (χ4n) is 1.46. The van der Waals surface area contributed by atoms with Crippen molar-refractivity contribution < 1.29 is 22.1 Å². The van der Waals surface area contributed by atoms with Crippen LogP contribution in [0.2, 0.25) is 0 Å². The maximum Gasteiger partial charge on any atom is 0.306 e. The molecule has 0 unspecified atom stereocenters. The summed E-state index contributed by atoms with van der Waals surface area (Å²) >= 11 is 0. The molecule has 0 bridgehead atoms. The van der Waals surface area contributed by atoms with Crippen molar-refractivity contribution >= 4 is 16.1 Å². The first-order valence-corrected chi connectivity index (χ1v) is 7.39. The minimum Gasteiger partial charge on any atom is -0.460 e. The highest BCUT2D eigenvalue weighted by Crippen LogP contribution is 2.49. The highest BCUT2D eigenvalue weighted by Gasteiger charge is 2.46. The number of carbonyl (C=O) groups excluding carboxylic acids is 1. The lowest BCUT2D eigenvalue weighted by Crippen LogP contribution is -2.27. The van der Waals surface area contributed by atoms with E-state index in [0.717, 1.165) is 19.1 Å². The van der Waals surface area contributed by atoms with Crippen LogP contribution in [0.25, 0.3) is 0 Å². The molecule has 5 nitrogen and oxygen atoms in total. The lowest BCUT2D eigenvalue weighted by atomic mass is 10.0. The lowest BCUT2D eigenvalue weighted by molar-refractivity contribution is -0.156. The van der Waals surface area contributed by atoms with Crippen LogP contribution in [0.15, 0.2) is 0 Å². The van der Waals surface area contributed by atoms with Crippen LogP contribution in [0.4, 0.5) is 0 Å². The Morgan fingerprint density at radius 3 is 2.18 bits per heavy atom. The van der Waals surface area contributed by atoms with Crippen LogP contribution < -0.4 is 0 Å². The monoisotopic (exact) mass is 264 g/mol. The summed E-state index contributed by atoms with van der Waals surface area (Å²) in [4.78, 5) is 11.6. The Morgan fingerprint density at radius 2 is 1.82 bits per heavy atom. The number of esters is 1. The molecule has 0 aromatic heterocycles. The fraction of sp³-hybridized carbons (Fsp3) is 0.909. The van der Waals surface area contributed by atoms with Gasteiger partial charge in [-0.1, -0.05) is 0 Å². The van der Waals surface area contributed by atoms with Gasteiger partial charge in [-0.05, 0) is 33.6 Å². The van der Waals surface area contributed by atoms with Crippen LogP contribution in [0.3, 0.4) is 0 Å². The predicted octanol–water partition coefficient (Wildman–Crippen LogP) is 1.47. The zero-order valence-corrected chi connectivity index (χ0v) is 11.6. The van der Waals surface area contributed by atoms with E-state index in [2.05, 4.69) is 0 Å². The molecule has 0 atom stereocenters. The Bertz CT molecular complexity index is 387. The van der Waals surface area contributed by atoms with Crippen molar-refractivity contribution in [3.05, 3.63) is 0 Å². The Hall–Kier alpha value is -0.620. The number of hydrogen-bond acceptors (Lipinski definition) is 5. The molecule has 0 aromatic rings. The van der Waals surface area contributed by atoms with E-state index in [1.54, 1.807) is 20.8 Å². The normalized spacial score (nSPS) is 18.8. The SMILES string of the molecule is CC(C)(C)OC(=O)CC1(COS(C)(=O)=O)CC1. The van der Waals surface area contributed by atoms with E-state index in [1.807, 2.05) is 0 Å². The molecule has 0 radical (unpaired) electrons. The van der Waals surface area contributed by atoms with E-state index in [1.165, 1.54) is 0 Å². The molecule has 1 aliphatic rings. The van der Waals surface area contributed by atoms with Gasteiger partial charge in [0, 0.05) is 5.41 Å². The second-order valence-corrected chi connectivity index (χ2v) is 7.37. The van der Waals surface area contributed by atoms with Crippen molar-refractivity contribution in [3.8, 4) is 0 Å². The first kappa shape index (κ1) is 14.4. The van der Waals surface area contributed by atoms with Crippen LogP contribution in [0.5, 0.6) is 0 Å². The van der Waals surface area contributed by atoms with E-state index < -0.39 is 15.7 Å². The quantitative estimate of drug-likeness (QED) is 0.555. The smallest absolute Gasteiger partial charge is 0.306 e. The lowest BCUT2D eigenvalue weighted by Gasteiger charge is -2.21. The molecule has 0 spiro atoms. The topological polar surface area (TPSA) is 69.7 Å². The van der Waals surface area contributed by atoms with Crippen LogP contribution in [0, 0.1) is 5.41 Å². The minimum atomic E-state index is -3.44. The van der Waals surface area contributed by atoms with Crippen molar-refractivity contribution in [2.24, 2.45) is 5.41 Å². The Morgan fingerprint density at radius 1 is 1.29 bits per heavy atom. The molecule has 0 aliphatic heterocycles. The summed E-state index contributed by atoms with van der Waals surface area (Å²) in [5, 5.41) is 0. The largest absolute Gasteiger partial charge is 0.460 e. The van der Waals surface area contributed by atoms with Gasteiger partial charge in [0.2, 0.25) is 0 Å². The molecule has 6 heteroatoms. The molecular formula is C11H20O5S. The van der Waals surface area contributed by atoms with Gasteiger partial charge in [0.1, 0.15) is 5.60 Å². The summed E-state index contributed by atoms with van der Waals surface area (Å²) in [6, 6.07) is 0. The van der Waals surface area contributed by atoms with Gasteiger partial charge in [-0.3, -0.25) is 8.98 Å². The summed E-state index contributed by atoms with van der Waals surface area (Å²) in [5.41, 5.74) is -0.837. The number of rotatable bonds is 5. The van der Waals surface area contributed by atoms with Gasteiger partial charge in [0.25, 0.3) is 10.1 Å². The van der Waals surface area contributed by atoms with Crippen LogP contribution in [-0.2, 0) is 23.8 Å². The number of hydrogen-bond donors (Lipinski definition) is 0. The molecule has 0 heterocycles. The summed E-state index contributed by atoms with van der Waals surface area (Å²) < 4.78 is 31.7. The van der Waals surface area contributed by atoms with Crippen LogP contribution >= 0.6 is 0 Å². The first-order chi connectivity index (χ1) is 7.52. The summed E-state index contributed by atoms with van der Waals surface area (Å²) in [6.45, 7) is 5.48. The van der Waals surface area contributed by atoms with Crippen LogP contribution in [-0.4, -0.2) is 32.9 Å². The maximum atomic E-state index is 11.6. The summed E-state index contributed by atoms with van der Waals surface area (Å²) in [7, 11) is -3.44. The first-order valence-electron chi connectivity index (χ1n) is 5.58. The molecular weight excluding hydrogens is 244 g/mol. The Kier molecular flexibility index (Phi) is 3.88. The Balaban J connectivity index is 2.43. The van der Waals surface area contributed by atoms with Gasteiger partial charge in [0.15, 0.2) is 0 Å². The van der Waals surface area contributed by atoms with E-state index in [9.17, 15) is 13.2 Å². The van der Waals surface area contributed by atoms with Gasteiger partial charge < -0.3 is 4.74 Å². The van der Waals surface area contributed by atoms with Crippen molar-refractivity contribution in [2.45, 2.75) is 45.6 Å². The number of carbonyl (C=O) groups is 1. The van der Waals surface area contributed by atoms with Gasteiger partial charge >= 0.3 is 5.97 Å². The average Bonchev–Trinajstić information content (AvgIpc) is 2.77. The molecule has 1 aliphatic carbocycles. The summed E-state index contributed by atoms with van der Waals surface area (Å²) in [6.07, 6.45) is 2.85. The zero-order chi connectivity index (χ0) is 13.3. The van der Waals surface area contributed by atoms with E-state index >= 15 is 0 Å². The van der Waals surface area contributed by atoms with Crippen LogP contribution in [0.1, 0.15) is 40.0 Å². The van der Waals surface area contributed by atoms with Crippen molar-refractivity contribution in [3.63, 3.8) is 0 Å². The predicted molar refractivity (Wildman–Crippen MR) is 62.9 cm³/mol. The highest BCUT2D eigenvalue weighted by atomic mass is 32.2. The van der Waals surface area contributed by atoms with Crippen molar-refractivity contribution in [1.29, 1.82) is 0 Å². The second kappa shape index (κ2) is 4.57. The van der Waals surface area contributed by atoms with Gasteiger partial charge in [-0.25, -0.2) is 0 Å².